The average molecular weight is 242 g/mol. The van der Waals surface area contributed by atoms with Crippen molar-refractivity contribution in [3.05, 3.63) is 42.1 Å². The smallest absolute Gasteiger partial charge is 0.253 e. The number of amides is 1. The number of aromatic nitrogens is 1. The van der Waals surface area contributed by atoms with Gasteiger partial charge in [-0.1, -0.05) is 6.07 Å². The second-order valence-electron chi connectivity index (χ2n) is 4.60. The third kappa shape index (κ3) is 1.95. The van der Waals surface area contributed by atoms with Gasteiger partial charge < -0.3 is 10.0 Å². The summed E-state index contributed by atoms with van der Waals surface area (Å²) in [6.07, 6.45) is 2.03. The number of benzene rings is 1. The number of carbonyl (C=O) groups is 1. The lowest BCUT2D eigenvalue weighted by atomic mass is 10.1. The number of aliphatic hydroxyl groups is 1. The molecule has 92 valence electrons. The van der Waals surface area contributed by atoms with Crippen LogP contribution in [-0.2, 0) is 0 Å². The molecule has 0 radical (unpaired) electrons. The predicted molar refractivity (Wildman–Crippen MR) is 68.3 cm³/mol. The van der Waals surface area contributed by atoms with Crippen LogP contribution < -0.4 is 0 Å². The van der Waals surface area contributed by atoms with E-state index in [4.69, 9.17) is 0 Å². The Kier molecular flexibility index (Phi) is 2.72. The van der Waals surface area contributed by atoms with E-state index in [-0.39, 0.29) is 12.0 Å². The number of hydrogen-bond acceptors (Lipinski definition) is 3. The molecular weight excluding hydrogens is 228 g/mol. The number of likely N-dealkylation sites (tertiary alicyclic amines) is 1. The van der Waals surface area contributed by atoms with E-state index in [0.29, 0.717) is 25.1 Å². The zero-order chi connectivity index (χ0) is 12.5. The Labute approximate surface area is 105 Å². The van der Waals surface area contributed by atoms with Gasteiger partial charge in [-0.05, 0) is 30.7 Å². The summed E-state index contributed by atoms with van der Waals surface area (Å²) in [4.78, 5) is 18.2. The van der Waals surface area contributed by atoms with Crippen molar-refractivity contribution in [1.82, 2.24) is 9.88 Å². The first-order valence-corrected chi connectivity index (χ1v) is 6.06. The molecule has 0 bridgehead atoms. The number of carbonyl (C=O) groups excluding carboxylic acids is 1. The zero-order valence-corrected chi connectivity index (χ0v) is 9.91. The molecule has 0 aliphatic carbocycles. The highest BCUT2D eigenvalue weighted by molar-refractivity contribution is 5.98. The van der Waals surface area contributed by atoms with Gasteiger partial charge in [-0.3, -0.25) is 9.78 Å². The van der Waals surface area contributed by atoms with Gasteiger partial charge in [0.1, 0.15) is 0 Å². The topological polar surface area (TPSA) is 53.4 Å². The first-order chi connectivity index (χ1) is 8.74. The Hall–Kier alpha value is -1.94. The first kappa shape index (κ1) is 11.2. The monoisotopic (exact) mass is 242 g/mol. The van der Waals surface area contributed by atoms with Crippen LogP contribution in [0, 0.1) is 0 Å². The fourth-order valence-corrected chi connectivity index (χ4v) is 2.32. The average Bonchev–Trinajstić information content (AvgIpc) is 2.84. The van der Waals surface area contributed by atoms with Crippen LogP contribution in [0.1, 0.15) is 16.8 Å². The molecule has 1 saturated heterocycles. The van der Waals surface area contributed by atoms with Gasteiger partial charge in [0.25, 0.3) is 5.91 Å². The van der Waals surface area contributed by atoms with Gasteiger partial charge in [-0.2, -0.15) is 0 Å². The summed E-state index contributed by atoms with van der Waals surface area (Å²) in [5.74, 6) is -0.0164. The van der Waals surface area contributed by atoms with Gasteiger partial charge in [-0.15, -0.1) is 0 Å². The summed E-state index contributed by atoms with van der Waals surface area (Å²) < 4.78 is 0. The van der Waals surface area contributed by atoms with E-state index in [1.165, 1.54) is 0 Å². The van der Waals surface area contributed by atoms with Gasteiger partial charge in [0.05, 0.1) is 11.6 Å². The van der Waals surface area contributed by atoms with Gasteiger partial charge >= 0.3 is 0 Å². The van der Waals surface area contributed by atoms with Crippen molar-refractivity contribution in [1.29, 1.82) is 0 Å². The molecule has 2 heterocycles. The van der Waals surface area contributed by atoms with Crippen molar-refractivity contribution >= 4 is 16.8 Å². The SMILES string of the molecule is O=C(c1ccc2ncccc2c1)N1CC[C@@H](O)C1. The summed E-state index contributed by atoms with van der Waals surface area (Å²) in [6, 6.07) is 9.31. The molecule has 18 heavy (non-hydrogen) atoms. The largest absolute Gasteiger partial charge is 0.391 e. The van der Waals surface area contributed by atoms with Crippen LogP contribution in [0.3, 0.4) is 0 Å². The number of hydrogen-bond donors (Lipinski definition) is 1. The number of nitrogens with zero attached hydrogens (tertiary/aromatic N) is 2. The second kappa shape index (κ2) is 4.38. The van der Waals surface area contributed by atoms with Crippen LogP contribution in [0.5, 0.6) is 0 Å². The minimum atomic E-state index is -0.379. The van der Waals surface area contributed by atoms with Gasteiger partial charge in [-0.25, -0.2) is 0 Å². The maximum atomic E-state index is 12.2. The van der Waals surface area contributed by atoms with E-state index < -0.39 is 0 Å². The fraction of sp³-hybridized carbons (Fsp3) is 0.286. The molecule has 0 unspecified atom stereocenters. The number of aliphatic hydroxyl groups excluding tert-OH is 1. The second-order valence-corrected chi connectivity index (χ2v) is 4.60. The zero-order valence-electron chi connectivity index (χ0n) is 9.91. The van der Waals surface area contributed by atoms with E-state index in [0.717, 1.165) is 10.9 Å². The normalized spacial score (nSPS) is 19.4. The molecule has 1 N–H and O–H groups in total. The van der Waals surface area contributed by atoms with Gasteiger partial charge in [0.2, 0.25) is 0 Å². The van der Waals surface area contributed by atoms with Crippen molar-refractivity contribution < 1.29 is 9.90 Å². The molecule has 1 aliphatic rings. The minimum Gasteiger partial charge on any atom is -0.391 e. The van der Waals surface area contributed by atoms with E-state index >= 15 is 0 Å². The van der Waals surface area contributed by atoms with Crippen molar-refractivity contribution in [3.63, 3.8) is 0 Å². The maximum Gasteiger partial charge on any atom is 0.253 e. The van der Waals surface area contributed by atoms with Crippen molar-refractivity contribution in [2.75, 3.05) is 13.1 Å². The number of β-amino-alcohol motifs (C(OH)–C–C–N with tert-alkyl or cyclic N) is 1. The summed E-state index contributed by atoms with van der Waals surface area (Å²) in [5.41, 5.74) is 1.54. The lowest BCUT2D eigenvalue weighted by Gasteiger charge is -2.15. The summed E-state index contributed by atoms with van der Waals surface area (Å²) in [7, 11) is 0. The quantitative estimate of drug-likeness (QED) is 0.823. The highest BCUT2D eigenvalue weighted by Crippen LogP contribution is 2.17. The van der Waals surface area contributed by atoms with Crippen LogP contribution in [0.15, 0.2) is 36.5 Å². The van der Waals surface area contributed by atoms with Crippen LogP contribution in [0.4, 0.5) is 0 Å². The van der Waals surface area contributed by atoms with Gasteiger partial charge in [0, 0.05) is 30.2 Å². The Morgan fingerprint density at radius 1 is 1.39 bits per heavy atom. The van der Waals surface area contributed by atoms with E-state index in [2.05, 4.69) is 4.98 Å². The maximum absolute atomic E-state index is 12.2. The first-order valence-electron chi connectivity index (χ1n) is 6.06. The molecule has 2 aromatic rings. The predicted octanol–water partition coefficient (Wildman–Crippen LogP) is 1.44. The molecule has 0 saturated carbocycles. The molecule has 4 nitrogen and oxygen atoms in total. The molecule has 1 aliphatic heterocycles. The van der Waals surface area contributed by atoms with Crippen molar-refractivity contribution in [2.45, 2.75) is 12.5 Å². The van der Waals surface area contributed by atoms with E-state index in [1.54, 1.807) is 17.2 Å². The molecular formula is C14H14N2O2. The molecule has 1 aromatic heterocycles. The molecule has 1 amide bonds. The summed E-state index contributed by atoms with van der Waals surface area (Å²) >= 11 is 0. The molecule has 0 spiro atoms. The Morgan fingerprint density at radius 3 is 3.06 bits per heavy atom. The molecule has 3 rings (SSSR count). The Bertz CT molecular complexity index is 597. The van der Waals surface area contributed by atoms with Crippen LogP contribution in [0.2, 0.25) is 0 Å². The Morgan fingerprint density at radius 2 is 2.28 bits per heavy atom. The number of fused-ring (bicyclic) bond motifs is 1. The van der Waals surface area contributed by atoms with Gasteiger partial charge in [0.15, 0.2) is 0 Å². The van der Waals surface area contributed by atoms with E-state index in [1.807, 2.05) is 24.3 Å². The number of pyridine rings is 1. The molecule has 1 atom stereocenters. The van der Waals surface area contributed by atoms with Crippen LogP contribution in [0.25, 0.3) is 10.9 Å². The van der Waals surface area contributed by atoms with Crippen molar-refractivity contribution in [2.24, 2.45) is 0 Å². The Balaban J connectivity index is 1.92. The standard InChI is InChI=1S/C14H14N2O2/c17-12-5-7-16(9-12)14(18)11-3-4-13-10(8-11)2-1-6-15-13/h1-4,6,8,12,17H,5,7,9H2/t12-/m1/s1. The fourth-order valence-electron chi connectivity index (χ4n) is 2.32. The van der Waals surface area contributed by atoms with E-state index in [9.17, 15) is 9.90 Å². The summed E-state index contributed by atoms with van der Waals surface area (Å²) in [5, 5.41) is 10.4. The molecule has 1 fully saturated rings. The number of rotatable bonds is 1. The highest BCUT2D eigenvalue weighted by Gasteiger charge is 2.25. The lowest BCUT2D eigenvalue weighted by molar-refractivity contribution is 0.0765. The summed E-state index contributed by atoms with van der Waals surface area (Å²) in [6.45, 7) is 1.06. The van der Waals surface area contributed by atoms with Crippen LogP contribution >= 0.6 is 0 Å². The molecule has 4 heteroatoms. The molecule has 1 aromatic carbocycles. The third-order valence-electron chi connectivity index (χ3n) is 3.30. The van der Waals surface area contributed by atoms with Crippen LogP contribution in [-0.4, -0.2) is 40.1 Å². The van der Waals surface area contributed by atoms with Crippen molar-refractivity contribution in [3.8, 4) is 0 Å². The lowest BCUT2D eigenvalue weighted by Crippen LogP contribution is -2.29. The highest BCUT2D eigenvalue weighted by atomic mass is 16.3. The minimum absolute atomic E-state index is 0.0164. The third-order valence-corrected chi connectivity index (χ3v) is 3.30.